The van der Waals surface area contributed by atoms with Crippen molar-refractivity contribution in [3.8, 4) is 0 Å². The van der Waals surface area contributed by atoms with Gasteiger partial charge in [0.25, 0.3) is 0 Å². The second kappa shape index (κ2) is 8.53. The number of nitrogens with zero attached hydrogens (tertiary/aromatic N) is 3. The number of hydrazine groups is 1. The quantitative estimate of drug-likeness (QED) is 0.833. The maximum atomic E-state index is 13.4. The van der Waals surface area contributed by atoms with Crippen LogP contribution in [0.5, 0.6) is 0 Å². The van der Waals surface area contributed by atoms with Gasteiger partial charge in [-0.15, -0.1) is 0 Å². The molecule has 0 saturated carbocycles. The van der Waals surface area contributed by atoms with Crippen LogP contribution in [0.15, 0.2) is 85.5 Å². The number of benzene rings is 2. The number of aryl methyl sites for hydroxylation is 1. The largest absolute Gasteiger partial charge is 0.349 e. The lowest BCUT2D eigenvalue weighted by Gasteiger charge is -2.45. The maximum Gasteiger partial charge on any atom is 0.123 e. The van der Waals surface area contributed by atoms with Crippen molar-refractivity contribution in [2.45, 2.75) is 26.1 Å². The monoisotopic (exact) mass is 392 g/mol. The van der Waals surface area contributed by atoms with E-state index in [-0.39, 0.29) is 12.0 Å². The molecule has 5 heteroatoms. The van der Waals surface area contributed by atoms with Crippen molar-refractivity contribution >= 4 is 0 Å². The van der Waals surface area contributed by atoms with Gasteiger partial charge in [0.2, 0.25) is 0 Å². The third-order valence-electron chi connectivity index (χ3n) is 5.39. The third kappa shape index (κ3) is 4.69. The van der Waals surface area contributed by atoms with Gasteiger partial charge < -0.3 is 9.80 Å². The molecule has 2 aromatic rings. The molecule has 152 valence electrons. The fourth-order valence-corrected chi connectivity index (χ4v) is 3.39. The van der Waals surface area contributed by atoms with Crippen molar-refractivity contribution in [1.82, 2.24) is 20.2 Å². The van der Waals surface area contributed by atoms with E-state index in [0.717, 1.165) is 29.2 Å². The zero-order valence-electron chi connectivity index (χ0n) is 17.5. The topological polar surface area (TPSA) is 21.8 Å². The van der Waals surface area contributed by atoms with E-state index in [1.54, 1.807) is 12.1 Å². The van der Waals surface area contributed by atoms with Gasteiger partial charge in [0, 0.05) is 27.1 Å². The molecule has 1 aliphatic heterocycles. The molecule has 0 aliphatic carbocycles. The van der Waals surface area contributed by atoms with Gasteiger partial charge in [-0.2, -0.15) is 0 Å². The Kier molecular flexibility index (Phi) is 6.09. The average Bonchev–Trinajstić information content (AvgIpc) is 2.71. The van der Waals surface area contributed by atoms with Crippen LogP contribution < -0.4 is 5.43 Å². The van der Waals surface area contributed by atoms with E-state index >= 15 is 0 Å². The highest BCUT2D eigenvalue weighted by Crippen LogP contribution is 2.27. The lowest BCUT2D eigenvalue weighted by Crippen LogP contribution is -2.56. The number of halogens is 1. The zero-order valence-corrected chi connectivity index (χ0v) is 17.5. The highest BCUT2D eigenvalue weighted by atomic mass is 19.1. The first-order chi connectivity index (χ1) is 13.8. The summed E-state index contributed by atoms with van der Waals surface area (Å²) in [6.45, 7) is 15.4. The van der Waals surface area contributed by atoms with Gasteiger partial charge >= 0.3 is 0 Å². The first kappa shape index (κ1) is 20.7. The fourth-order valence-electron chi connectivity index (χ4n) is 3.39. The van der Waals surface area contributed by atoms with Crippen molar-refractivity contribution in [3.63, 3.8) is 0 Å². The SMILES string of the molecule is C=C1C(=C)N(Cc2ccc(F)cc2)C(Cc2ccc(C)cc2)NN(C)C(=C)N1C. The molecule has 1 N–H and O–H groups in total. The zero-order chi connectivity index (χ0) is 21.1. The standard InChI is InChI=1S/C24H29FN4/c1-17-7-9-21(10-8-17)15-24-26-28(6)20(4)27(5)18(2)19(3)29(24)16-22-11-13-23(25)14-12-22/h7-14,24,26H,2-4,15-16H2,1,5-6H3. The number of nitrogens with one attached hydrogen (secondary N) is 1. The predicted octanol–water partition coefficient (Wildman–Crippen LogP) is 4.39. The minimum Gasteiger partial charge on any atom is -0.349 e. The number of hydrogen-bond acceptors (Lipinski definition) is 4. The Bertz CT molecular complexity index is 901. The second-order valence-electron chi connectivity index (χ2n) is 7.52. The average molecular weight is 393 g/mol. The van der Waals surface area contributed by atoms with E-state index < -0.39 is 0 Å². The van der Waals surface area contributed by atoms with E-state index in [9.17, 15) is 4.39 Å². The molecule has 1 aliphatic rings. The summed E-state index contributed by atoms with van der Waals surface area (Å²) in [7, 11) is 3.86. The lowest BCUT2D eigenvalue weighted by atomic mass is 10.1. The molecule has 0 spiro atoms. The Labute approximate surface area is 173 Å². The molecule has 2 aromatic carbocycles. The van der Waals surface area contributed by atoms with E-state index in [0.29, 0.717) is 6.54 Å². The van der Waals surface area contributed by atoms with Crippen molar-refractivity contribution in [2.24, 2.45) is 0 Å². The summed E-state index contributed by atoms with van der Waals surface area (Å²) in [6.07, 6.45) is 0.678. The Morgan fingerprint density at radius 3 is 2.10 bits per heavy atom. The summed E-state index contributed by atoms with van der Waals surface area (Å²) in [5.74, 6) is 0.543. The van der Waals surface area contributed by atoms with Crippen LogP contribution in [0.3, 0.4) is 0 Å². The first-order valence-corrected chi connectivity index (χ1v) is 9.63. The van der Waals surface area contributed by atoms with Crippen LogP contribution >= 0.6 is 0 Å². The number of hydrogen-bond donors (Lipinski definition) is 1. The van der Waals surface area contributed by atoms with Gasteiger partial charge in [-0.25, -0.2) is 9.82 Å². The van der Waals surface area contributed by atoms with Crippen molar-refractivity contribution in [1.29, 1.82) is 0 Å². The maximum absolute atomic E-state index is 13.4. The third-order valence-corrected chi connectivity index (χ3v) is 5.39. The highest BCUT2D eigenvalue weighted by molar-refractivity contribution is 5.30. The molecule has 1 heterocycles. The van der Waals surface area contributed by atoms with Gasteiger partial charge in [0.1, 0.15) is 17.8 Å². The molecule has 1 atom stereocenters. The van der Waals surface area contributed by atoms with Crippen molar-refractivity contribution in [2.75, 3.05) is 14.1 Å². The van der Waals surface area contributed by atoms with Gasteiger partial charge in [-0.1, -0.05) is 61.7 Å². The van der Waals surface area contributed by atoms with E-state index in [4.69, 9.17) is 0 Å². The lowest BCUT2D eigenvalue weighted by molar-refractivity contribution is 0.0875. The summed E-state index contributed by atoms with van der Waals surface area (Å²) in [6, 6.07) is 15.1. The van der Waals surface area contributed by atoms with E-state index in [2.05, 4.69) is 61.3 Å². The molecule has 1 unspecified atom stereocenters. The van der Waals surface area contributed by atoms with Crippen LogP contribution in [0, 0.1) is 12.7 Å². The predicted molar refractivity (Wildman–Crippen MR) is 117 cm³/mol. The molecular weight excluding hydrogens is 363 g/mol. The normalized spacial score (nSPS) is 18.1. The Hall–Kier alpha value is -3.05. The van der Waals surface area contributed by atoms with Gasteiger partial charge in [0.05, 0.1) is 11.4 Å². The molecule has 0 bridgehead atoms. The number of likely N-dealkylation sites (N-methyl/N-ethyl adjacent to an activating group) is 1. The molecule has 0 amide bonds. The van der Waals surface area contributed by atoms with E-state index in [1.807, 2.05) is 24.0 Å². The van der Waals surface area contributed by atoms with Crippen molar-refractivity contribution in [3.05, 3.63) is 108 Å². The molecule has 1 saturated heterocycles. The summed E-state index contributed by atoms with van der Waals surface area (Å²) in [5.41, 5.74) is 8.56. The Morgan fingerprint density at radius 2 is 1.48 bits per heavy atom. The summed E-state index contributed by atoms with van der Waals surface area (Å²) in [5, 5.41) is 1.91. The summed E-state index contributed by atoms with van der Waals surface area (Å²) < 4.78 is 13.4. The first-order valence-electron chi connectivity index (χ1n) is 9.63. The molecule has 0 radical (unpaired) electrons. The minimum atomic E-state index is -0.241. The van der Waals surface area contributed by atoms with Crippen LogP contribution in [0.4, 0.5) is 4.39 Å². The molecule has 29 heavy (non-hydrogen) atoms. The highest BCUT2D eigenvalue weighted by Gasteiger charge is 2.28. The van der Waals surface area contributed by atoms with Gasteiger partial charge in [-0.3, -0.25) is 5.01 Å². The molecule has 3 rings (SSSR count). The fraction of sp³-hybridized carbons (Fsp3) is 0.250. The second-order valence-corrected chi connectivity index (χ2v) is 7.52. The van der Waals surface area contributed by atoms with Crippen LogP contribution in [0.25, 0.3) is 0 Å². The summed E-state index contributed by atoms with van der Waals surface area (Å²) in [4.78, 5) is 4.09. The Morgan fingerprint density at radius 1 is 0.897 bits per heavy atom. The van der Waals surface area contributed by atoms with Crippen LogP contribution in [-0.4, -0.2) is 35.1 Å². The number of rotatable bonds is 4. The Balaban J connectivity index is 1.96. The van der Waals surface area contributed by atoms with Gasteiger partial charge in [-0.05, 0) is 30.2 Å². The molecule has 1 fully saturated rings. The molecule has 0 aromatic heterocycles. The summed E-state index contributed by atoms with van der Waals surface area (Å²) >= 11 is 0. The smallest absolute Gasteiger partial charge is 0.123 e. The van der Waals surface area contributed by atoms with Crippen molar-refractivity contribution < 1.29 is 4.39 Å². The van der Waals surface area contributed by atoms with E-state index in [1.165, 1.54) is 23.3 Å². The molecule has 4 nitrogen and oxygen atoms in total. The minimum absolute atomic E-state index is 0.0811. The van der Waals surface area contributed by atoms with Crippen LogP contribution in [0.1, 0.15) is 16.7 Å². The van der Waals surface area contributed by atoms with Gasteiger partial charge in [0.15, 0.2) is 0 Å². The van der Waals surface area contributed by atoms with Crippen LogP contribution in [-0.2, 0) is 13.0 Å². The van der Waals surface area contributed by atoms with Crippen LogP contribution in [0.2, 0.25) is 0 Å². The molecular formula is C24H29FN4.